The van der Waals surface area contributed by atoms with Crippen molar-refractivity contribution in [2.45, 2.75) is 97.9 Å². The zero-order valence-corrected chi connectivity index (χ0v) is 24.3. The molecule has 0 aromatic carbocycles. The summed E-state index contributed by atoms with van der Waals surface area (Å²) in [5.74, 6) is -4.36. The first kappa shape index (κ1) is 31.4. The predicted molar refractivity (Wildman–Crippen MR) is 150 cm³/mol. The van der Waals surface area contributed by atoms with Crippen LogP contribution in [0.2, 0.25) is 0 Å². The van der Waals surface area contributed by atoms with Crippen LogP contribution >= 0.6 is 22.9 Å². The number of ketones is 1. The van der Waals surface area contributed by atoms with Gasteiger partial charge in [0.15, 0.2) is 5.79 Å². The summed E-state index contributed by atoms with van der Waals surface area (Å²) in [6.45, 7) is 12.9. The topological polar surface area (TPSA) is 96.7 Å². The Morgan fingerprint density at radius 2 is 2.00 bits per heavy atom. The van der Waals surface area contributed by atoms with Crippen LogP contribution in [0.5, 0.6) is 0 Å². The maximum atomic E-state index is 13.6. The molecule has 1 aliphatic rings. The van der Waals surface area contributed by atoms with Crippen molar-refractivity contribution < 1.29 is 24.5 Å². The second kappa shape index (κ2) is 13.8. The second-order valence-corrected chi connectivity index (χ2v) is 12.3. The number of aromatic nitrogens is 1. The molecule has 6 nitrogen and oxygen atoms in total. The van der Waals surface area contributed by atoms with E-state index in [1.165, 1.54) is 11.3 Å². The molecular weight excluding hydrogens is 510 g/mol. The van der Waals surface area contributed by atoms with Gasteiger partial charge in [-0.05, 0) is 58.4 Å². The van der Waals surface area contributed by atoms with Crippen LogP contribution in [0.15, 0.2) is 34.7 Å². The summed E-state index contributed by atoms with van der Waals surface area (Å²) >= 11 is 8.13. The fourth-order valence-corrected chi connectivity index (χ4v) is 5.41. The molecule has 8 heteroatoms. The Morgan fingerprint density at radius 1 is 1.30 bits per heavy atom. The van der Waals surface area contributed by atoms with E-state index in [0.29, 0.717) is 24.3 Å². The summed E-state index contributed by atoms with van der Waals surface area (Å²) in [6, 6.07) is 0. The Labute approximate surface area is 230 Å². The van der Waals surface area contributed by atoms with Gasteiger partial charge >= 0.3 is 5.97 Å². The molecule has 0 spiro atoms. The SMILES string of the molecule is C=CCCC1C(=O)C(C)(C)CCC(=O)OC(C(Cl)=Cc2csc(C)n2)CC=C(C)CCCC(C)C1(O)O. The minimum Gasteiger partial charge on any atom is -0.456 e. The van der Waals surface area contributed by atoms with Crippen molar-refractivity contribution in [1.82, 2.24) is 4.98 Å². The number of rotatable bonds is 5. The van der Waals surface area contributed by atoms with Crippen LogP contribution in [0.4, 0.5) is 0 Å². The molecule has 0 fully saturated rings. The van der Waals surface area contributed by atoms with Crippen molar-refractivity contribution in [3.8, 4) is 0 Å². The number of cyclic esters (lactones) is 1. The summed E-state index contributed by atoms with van der Waals surface area (Å²) in [7, 11) is 0. The van der Waals surface area contributed by atoms with E-state index in [-0.39, 0.29) is 25.0 Å². The summed E-state index contributed by atoms with van der Waals surface area (Å²) in [4.78, 5) is 30.9. The van der Waals surface area contributed by atoms with Gasteiger partial charge in [-0.15, -0.1) is 17.9 Å². The smallest absolute Gasteiger partial charge is 0.306 e. The second-order valence-electron chi connectivity index (χ2n) is 10.8. The molecule has 1 aliphatic heterocycles. The Morgan fingerprint density at radius 3 is 2.62 bits per heavy atom. The minimum atomic E-state index is -2.15. The van der Waals surface area contributed by atoms with Crippen LogP contribution in [0.3, 0.4) is 0 Å². The van der Waals surface area contributed by atoms with Gasteiger partial charge in [0.25, 0.3) is 0 Å². The van der Waals surface area contributed by atoms with Crippen molar-refractivity contribution in [1.29, 1.82) is 0 Å². The minimum absolute atomic E-state index is 0.00546. The highest BCUT2D eigenvalue weighted by Gasteiger charge is 2.47. The molecule has 37 heavy (non-hydrogen) atoms. The zero-order chi connectivity index (χ0) is 27.8. The molecule has 0 aliphatic carbocycles. The number of aryl methyl sites for hydroxylation is 1. The van der Waals surface area contributed by atoms with E-state index in [1.807, 2.05) is 25.3 Å². The van der Waals surface area contributed by atoms with Crippen molar-refractivity contribution >= 4 is 40.8 Å². The average molecular weight is 552 g/mol. The molecule has 3 unspecified atom stereocenters. The molecule has 2 N–H and O–H groups in total. The largest absolute Gasteiger partial charge is 0.456 e. The fourth-order valence-electron chi connectivity index (χ4n) is 4.60. The van der Waals surface area contributed by atoms with Crippen molar-refractivity contribution in [3.05, 3.63) is 45.4 Å². The number of aliphatic hydroxyl groups is 2. The Hall–Kier alpha value is -1.80. The van der Waals surface area contributed by atoms with E-state index in [2.05, 4.69) is 11.6 Å². The summed E-state index contributed by atoms with van der Waals surface area (Å²) in [5.41, 5.74) is 0.859. The van der Waals surface area contributed by atoms with Crippen LogP contribution in [-0.2, 0) is 14.3 Å². The number of hydrogen-bond donors (Lipinski definition) is 2. The highest BCUT2D eigenvalue weighted by Crippen LogP contribution is 2.38. The van der Waals surface area contributed by atoms with Gasteiger partial charge in [0, 0.05) is 29.6 Å². The predicted octanol–water partition coefficient (Wildman–Crippen LogP) is 6.74. The van der Waals surface area contributed by atoms with Gasteiger partial charge in [-0.3, -0.25) is 9.59 Å². The number of carbonyl (C=O) groups is 2. The Bertz CT molecular complexity index is 1010. The van der Waals surface area contributed by atoms with E-state index >= 15 is 0 Å². The van der Waals surface area contributed by atoms with E-state index in [4.69, 9.17) is 16.3 Å². The van der Waals surface area contributed by atoms with Gasteiger partial charge in [0.1, 0.15) is 11.9 Å². The number of allylic oxidation sites excluding steroid dienone is 2. The van der Waals surface area contributed by atoms with Gasteiger partial charge in [-0.1, -0.05) is 50.1 Å². The number of halogens is 1. The van der Waals surface area contributed by atoms with Crippen LogP contribution in [0.1, 0.15) is 89.8 Å². The van der Waals surface area contributed by atoms with Crippen molar-refractivity contribution in [2.75, 3.05) is 0 Å². The third-order valence-corrected chi connectivity index (χ3v) is 8.37. The first-order valence-corrected chi connectivity index (χ1v) is 14.3. The van der Waals surface area contributed by atoms with Crippen LogP contribution in [-0.4, -0.2) is 38.8 Å². The van der Waals surface area contributed by atoms with Crippen molar-refractivity contribution in [2.24, 2.45) is 17.3 Å². The lowest BCUT2D eigenvalue weighted by molar-refractivity contribution is -0.234. The number of Topliss-reactive ketones (excluding diaryl/α,β-unsaturated/α-hetero) is 1. The van der Waals surface area contributed by atoms with E-state index in [1.54, 1.807) is 32.9 Å². The number of thiazole rings is 1. The van der Waals surface area contributed by atoms with Gasteiger partial charge < -0.3 is 14.9 Å². The van der Waals surface area contributed by atoms with Crippen LogP contribution in [0, 0.1) is 24.2 Å². The molecule has 2 rings (SSSR count). The average Bonchev–Trinajstić information content (AvgIpc) is 3.23. The zero-order valence-electron chi connectivity index (χ0n) is 22.8. The molecule has 0 saturated carbocycles. The maximum Gasteiger partial charge on any atom is 0.306 e. The molecule has 1 aromatic heterocycles. The highest BCUT2D eigenvalue weighted by molar-refractivity contribution is 7.09. The molecule has 206 valence electrons. The quantitative estimate of drug-likeness (QED) is 0.239. The normalized spacial score (nSPS) is 26.3. The van der Waals surface area contributed by atoms with E-state index in [9.17, 15) is 19.8 Å². The molecular formula is C29H42ClNO5S. The highest BCUT2D eigenvalue weighted by atomic mass is 35.5. The standard InChI is InChI=1S/C29H42ClNO5S/c1-7-8-12-23-27(33)28(5,6)16-15-26(32)36-25(24(30)17-22-18-37-21(4)31-22)14-13-19(2)10-9-11-20(3)29(23,34)35/h7,13,17-18,20,23,25,34-35H,1,8-12,14-16H2,2-6H3. The van der Waals surface area contributed by atoms with E-state index in [0.717, 1.165) is 29.1 Å². The molecule has 0 amide bonds. The Balaban J connectivity index is 2.35. The molecule has 0 saturated heterocycles. The van der Waals surface area contributed by atoms with Crippen LogP contribution in [0.25, 0.3) is 6.08 Å². The fraction of sp³-hybridized carbons (Fsp3) is 0.621. The lowest BCUT2D eigenvalue weighted by Crippen LogP contribution is -2.51. The third-order valence-electron chi connectivity index (χ3n) is 7.23. The molecule has 1 aromatic rings. The number of esters is 1. The third kappa shape index (κ3) is 9.17. The van der Waals surface area contributed by atoms with Crippen molar-refractivity contribution in [3.63, 3.8) is 0 Å². The van der Waals surface area contributed by atoms with Crippen LogP contribution < -0.4 is 0 Å². The number of ether oxygens (including phenoxy) is 1. The summed E-state index contributed by atoms with van der Waals surface area (Å²) < 4.78 is 5.79. The molecule has 2 heterocycles. The van der Waals surface area contributed by atoms with Gasteiger partial charge in [-0.25, -0.2) is 4.98 Å². The number of nitrogens with zero attached hydrogens (tertiary/aromatic N) is 1. The monoisotopic (exact) mass is 551 g/mol. The lowest BCUT2D eigenvalue weighted by atomic mass is 9.70. The molecule has 0 radical (unpaired) electrons. The summed E-state index contributed by atoms with van der Waals surface area (Å²) in [6.07, 6.45) is 8.19. The van der Waals surface area contributed by atoms with Gasteiger partial charge in [0.2, 0.25) is 0 Å². The summed E-state index contributed by atoms with van der Waals surface area (Å²) in [5, 5.41) is 25.5. The molecule has 0 bridgehead atoms. The van der Waals surface area contributed by atoms with Gasteiger partial charge in [0.05, 0.1) is 21.7 Å². The number of carbonyl (C=O) groups excluding carboxylic acids is 2. The first-order valence-electron chi connectivity index (χ1n) is 13.0. The lowest BCUT2D eigenvalue weighted by Gasteiger charge is -2.39. The maximum absolute atomic E-state index is 13.6. The molecule has 3 atom stereocenters. The number of hydrogen-bond acceptors (Lipinski definition) is 7. The first-order chi connectivity index (χ1) is 17.3. The van der Waals surface area contributed by atoms with E-state index < -0.39 is 35.1 Å². The van der Waals surface area contributed by atoms with Gasteiger partial charge in [-0.2, -0.15) is 0 Å². The Kier molecular flexibility index (Phi) is 11.7.